The number of carbonyl (C=O) groups excluding carboxylic acids is 4. The number of allylic oxidation sites excluding steroid dienone is 2. The molecule has 1 fully saturated rings. The van der Waals surface area contributed by atoms with Crippen molar-refractivity contribution in [2.45, 2.75) is 19.8 Å². The topological polar surface area (TPSA) is 114 Å². The molecule has 9 heteroatoms. The maximum Gasteiger partial charge on any atom is 0.269 e. The van der Waals surface area contributed by atoms with E-state index in [2.05, 4.69) is 10.9 Å². The number of carbonyl (C=O) groups is 4. The number of amides is 4. The van der Waals surface area contributed by atoms with Gasteiger partial charge in [-0.15, -0.1) is 0 Å². The standard InChI is InChI=1S/C20H23N3O6/c1-3-29-15-9-8-12(10-16(15)28-2)18(25)22-21-17(24)11-23-19(26)13-6-4-5-7-14(13)20(23)27/h4-5,8-10,13-14H,3,6-7,11H2,1-2H3,(H,21,24)(H,22,25)/t13-,14-/m1/s1. The lowest BCUT2D eigenvalue weighted by atomic mass is 9.85. The average Bonchev–Trinajstić information content (AvgIpc) is 2.97. The van der Waals surface area contributed by atoms with E-state index in [1.807, 2.05) is 19.1 Å². The molecule has 9 nitrogen and oxygen atoms in total. The molecule has 0 aromatic heterocycles. The van der Waals surface area contributed by atoms with Crippen LogP contribution in [0.2, 0.25) is 0 Å². The van der Waals surface area contributed by atoms with E-state index >= 15 is 0 Å². The van der Waals surface area contributed by atoms with E-state index in [0.717, 1.165) is 4.90 Å². The van der Waals surface area contributed by atoms with Crippen molar-refractivity contribution in [3.8, 4) is 11.5 Å². The van der Waals surface area contributed by atoms with Crippen molar-refractivity contribution >= 4 is 23.6 Å². The molecular formula is C20H23N3O6. The zero-order valence-corrected chi connectivity index (χ0v) is 16.3. The number of fused-ring (bicyclic) bond motifs is 1. The summed E-state index contributed by atoms with van der Waals surface area (Å²) in [5, 5.41) is 0. The molecule has 1 saturated heterocycles. The summed E-state index contributed by atoms with van der Waals surface area (Å²) in [6.07, 6.45) is 4.76. The molecule has 0 radical (unpaired) electrons. The normalized spacial score (nSPS) is 20.3. The third-order valence-corrected chi connectivity index (χ3v) is 4.94. The monoisotopic (exact) mass is 401 g/mol. The van der Waals surface area contributed by atoms with E-state index < -0.39 is 30.2 Å². The molecular weight excluding hydrogens is 378 g/mol. The minimum atomic E-state index is -0.662. The van der Waals surface area contributed by atoms with Crippen LogP contribution >= 0.6 is 0 Å². The quantitative estimate of drug-likeness (QED) is 0.414. The van der Waals surface area contributed by atoms with E-state index in [4.69, 9.17) is 9.47 Å². The molecule has 154 valence electrons. The van der Waals surface area contributed by atoms with E-state index in [1.165, 1.54) is 19.2 Å². The van der Waals surface area contributed by atoms with Gasteiger partial charge in [0.1, 0.15) is 6.54 Å². The van der Waals surface area contributed by atoms with E-state index in [9.17, 15) is 19.2 Å². The summed E-state index contributed by atoms with van der Waals surface area (Å²) in [6.45, 7) is 1.85. The highest BCUT2D eigenvalue weighted by Gasteiger charge is 2.47. The second-order valence-electron chi connectivity index (χ2n) is 6.72. The van der Waals surface area contributed by atoms with Crippen molar-refractivity contribution in [2.75, 3.05) is 20.3 Å². The first-order valence-electron chi connectivity index (χ1n) is 9.36. The summed E-state index contributed by atoms with van der Waals surface area (Å²) in [5.74, 6) is -1.84. The molecule has 2 N–H and O–H groups in total. The lowest BCUT2D eigenvalue weighted by molar-refractivity contribution is -0.143. The van der Waals surface area contributed by atoms with Crippen molar-refractivity contribution < 1.29 is 28.7 Å². The molecule has 4 amide bonds. The molecule has 2 atom stereocenters. The van der Waals surface area contributed by atoms with Crippen LogP contribution in [0.25, 0.3) is 0 Å². The highest BCUT2D eigenvalue weighted by molar-refractivity contribution is 6.07. The first-order valence-corrected chi connectivity index (χ1v) is 9.36. The van der Waals surface area contributed by atoms with Crippen LogP contribution in [0.5, 0.6) is 11.5 Å². The molecule has 1 aromatic carbocycles. The Labute approximate surface area is 168 Å². The highest BCUT2D eigenvalue weighted by atomic mass is 16.5. The molecule has 0 unspecified atom stereocenters. The number of rotatable bonds is 6. The van der Waals surface area contributed by atoms with Gasteiger partial charge in [-0.05, 0) is 38.0 Å². The minimum absolute atomic E-state index is 0.246. The summed E-state index contributed by atoms with van der Waals surface area (Å²) in [7, 11) is 1.46. The molecule has 0 bridgehead atoms. The highest BCUT2D eigenvalue weighted by Crippen LogP contribution is 2.34. The predicted octanol–water partition coefficient (Wildman–Crippen LogP) is 0.806. The van der Waals surface area contributed by atoms with E-state index in [0.29, 0.717) is 30.9 Å². The Morgan fingerprint density at radius 1 is 1.07 bits per heavy atom. The van der Waals surface area contributed by atoms with Gasteiger partial charge in [0, 0.05) is 5.56 Å². The summed E-state index contributed by atoms with van der Waals surface area (Å²) in [4.78, 5) is 50.2. The molecule has 1 aliphatic heterocycles. The molecule has 29 heavy (non-hydrogen) atoms. The van der Waals surface area contributed by atoms with Crippen molar-refractivity contribution in [1.29, 1.82) is 0 Å². The Morgan fingerprint density at radius 3 is 2.31 bits per heavy atom. The minimum Gasteiger partial charge on any atom is -0.493 e. The van der Waals surface area contributed by atoms with Crippen LogP contribution in [0.1, 0.15) is 30.1 Å². The number of hydrogen-bond donors (Lipinski definition) is 2. The van der Waals surface area contributed by atoms with Crippen LogP contribution in [0.3, 0.4) is 0 Å². The summed E-state index contributed by atoms with van der Waals surface area (Å²) >= 11 is 0. The molecule has 0 saturated carbocycles. The van der Waals surface area contributed by atoms with E-state index in [1.54, 1.807) is 6.07 Å². The summed E-state index contributed by atoms with van der Waals surface area (Å²) < 4.78 is 10.6. The van der Waals surface area contributed by atoms with Gasteiger partial charge >= 0.3 is 0 Å². The smallest absolute Gasteiger partial charge is 0.269 e. The Morgan fingerprint density at radius 2 is 1.72 bits per heavy atom. The largest absolute Gasteiger partial charge is 0.493 e. The van der Waals surface area contributed by atoms with Crippen molar-refractivity contribution in [2.24, 2.45) is 11.8 Å². The maximum absolute atomic E-state index is 12.4. The molecule has 1 heterocycles. The van der Waals surface area contributed by atoms with Gasteiger partial charge in [-0.3, -0.25) is 34.9 Å². The fourth-order valence-electron chi connectivity index (χ4n) is 3.49. The first kappa shape index (κ1) is 20.4. The third-order valence-electron chi connectivity index (χ3n) is 4.94. The van der Waals surface area contributed by atoms with Crippen LogP contribution in [0.15, 0.2) is 30.4 Å². The van der Waals surface area contributed by atoms with Gasteiger partial charge in [0.05, 0.1) is 25.6 Å². The number of ether oxygens (including phenoxy) is 2. The zero-order chi connectivity index (χ0) is 21.0. The number of nitrogens with one attached hydrogen (secondary N) is 2. The zero-order valence-electron chi connectivity index (χ0n) is 16.3. The van der Waals surface area contributed by atoms with Crippen LogP contribution < -0.4 is 20.3 Å². The molecule has 1 aromatic rings. The lowest BCUT2D eigenvalue weighted by Gasteiger charge is -2.15. The van der Waals surface area contributed by atoms with Gasteiger partial charge in [-0.2, -0.15) is 0 Å². The Kier molecular flexibility index (Phi) is 6.16. The van der Waals surface area contributed by atoms with Gasteiger partial charge in [-0.25, -0.2) is 0 Å². The Bertz CT molecular complexity index is 840. The van der Waals surface area contributed by atoms with Crippen LogP contribution in [-0.2, 0) is 14.4 Å². The number of imide groups is 1. The van der Waals surface area contributed by atoms with Crippen molar-refractivity contribution in [3.63, 3.8) is 0 Å². The van der Waals surface area contributed by atoms with Gasteiger partial charge < -0.3 is 9.47 Å². The Balaban J connectivity index is 1.56. The van der Waals surface area contributed by atoms with Crippen LogP contribution in [0, 0.1) is 11.8 Å². The number of hydrogen-bond acceptors (Lipinski definition) is 6. The molecule has 3 rings (SSSR count). The summed E-state index contributed by atoms with van der Waals surface area (Å²) in [6, 6.07) is 4.61. The number of nitrogens with zero attached hydrogens (tertiary/aromatic N) is 1. The first-order chi connectivity index (χ1) is 14.0. The average molecular weight is 401 g/mol. The van der Waals surface area contributed by atoms with Gasteiger partial charge in [0.25, 0.3) is 11.8 Å². The van der Waals surface area contributed by atoms with Crippen LogP contribution in [0.4, 0.5) is 0 Å². The number of hydrazine groups is 1. The second kappa shape index (κ2) is 8.76. The molecule has 1 aliphatic carbocycles. The SMILES string of the molecule is CCOc1ccc(C(=O)NNC(=O)CN2C(=O)[C@@H]3CC=CC[C@H]3C2=O)cc1OC. The fraction of sp³-hybridized carbons (Fsp3) is 0.400. The second-order valence-corrected chi connectivity index (χ2v) is 6.72. The van der Waals surface area contributed by atoms with Crippen LogP contribution in [-0.4, -0.2) is 48.8 Å². The number of benzene rings is 1. The maximum atomic E-state index is 12.4. The van der Waals surface area contributed by atoms with Gasteiger partial charge in [0.15, 0.2) is 11.5 Å². The molecule has 2 aliphatic rings. The number of methoxy groups -OCH3 is 1. The van der Waals surface area contributed by atoms with Gasteiger partial charge in [-0.1, -0.05) is 12.2 Å². The number of likely N-dealkylation sites (tertiary alicyclic amines) is 1. The van der Waals surface area contributed by atoms with Crippen molar-refractivity contribution in [3.05, 3.63) is 35.9 Å². The molecule has 0 spiro atoms. The Hall–Kier alpha value is -3.36. The third kappa shape index (κ3) is 4.23. The predicted molar refractivity (Wildman–Crippen MR) is 102 cm³/mol. The summed E-state index contributed by atoms with van der Waals surface area (Å²) in [5.41, 5.74) is 4.75. The lowest BCUT2D eigenvalue weighted by Crippen LogP contribution is -2.47. The van der Waals surface area contributed by atoms with Crippen molar-refractivity contribution in [1.82, 2.24) is 15.8 Å². The van der Waals surface area contributed by atoms with E-state index in [-0.39, 0.29) is 17.4 Å². The fourth-order valence-corrected chi connectivity index (χ4v) is 3.49. The van der Waals surface area contributed by atoms with Gasteiger partial charge in [0.2, 0.25) is 11.8 Å².